The van der Waals surface area contributed by atoms with Gasteiger partial charge >= 0.3 is 0 Å². The summed E-state index contributed by atoms with van der Waals surface area (Å²) in [5, 5.41) is 15.7. The molecule has 0 bridgehead atoms. The van der Waals surface area contributed by atoms with Gasteiger partial charge in [-0.3, -0.25) is 5.41 Å². The van der Waals surface area contributed by atoms with E-state index < -0.39 is 0 Å². The van der Waals surface area contributed by atoms with Crippen LogP contribution in [-0.4, -0.2) is 23.8 Å². The summed E-state index contributed by atoms with van der Waals surface area (Å²) in [7, 11) is 1.85. The molecule has 108 valence electrons. The minimum Gasteiger partial charge on any atom is -0.383 e. The van der Waals surface area contributed by atoms with E-state index >= 15 is 0 Å². The Morgan fingerprint density at radius 1 is 1.30 bits per heavy atom. The van der Waals surface area contributed by atoms with Crippen molar-refractivity contribution in [2.75, 3.05) is 7.05 Å². The van der Waals surface area contributed by atoms with E-state index in [1.54, 1.807) is 0 Å². The molecule has 0 aromatic heterocycles. The van der Waals surface area contributed by atoms with Crippen molar-refractivity contribution >= 4 is 11.5 Å². The van der Waals surface area contributed by atoms with Gasteiger partial charge in [0.1, 0.15) is 11.7 Å². The second-order valence-corrected chi connectivity index (χ2v) is 4.55. The maximum Gasteiger partial charge on any atom is 0.167 e. The van der Waals surface area contributed by atoms with Gasteiger partial charge in [-0.25, -0.2) is 0 Å². The first-order valence-corrected chi connectivity index (χ1v) is 6.51. The Labute approximate surface area is 119 Å². The molecule has 0 fully saturated rings. The van der Waals surface area contributed by atoms with Crippen molar-refractivity contribution in [1.29, 1.82) is 5.41 Å². The standard InChI is InChI=1S/C14H22N6/c1-4-10(2)20(3)14(17)12(13(15)16)19-18-11-8-6-5-7-9-11/h5-10H,4,17H2,1-3H3,(H3,15,16)/b14-12+,19-18+. The van der Waals surface area contributed by atoms with Gasteiger partial charge in [0, 0.05) is 13.1 Å². The smallest absolute Gasteiger partial charge is 0.167 e. The zero-order valence-corrected chi connectivity index (χ0v) is 12.2. The van der Waals surface area contributed by atoms with E-state index in [0.29, 0.717) is 11.5 Å². The van der Waals surface area contributed by atoms with Crippen molar-refractivity contribution in [3.05, 3.63) is 41.8 Å². The quantitative estimate of drug-likeness (QED) is 0.422. The molecule has 0 heterocycles. The predicted molar refractivity (Wildman–Crippen MR) is 81.6 cm³/mol. The maximum absolute atomic E-state index is 7.60. The summed E-state index contributed by atoms with van der Waals surface area (Å²) in [6.07, 6.45) is 0.929. The number of nitrogens with one attached hydrogen (secondary N) is 1. The highest BCUT2D eigenvalue weighted by atomic mass is 15.2. The van der Waals surface area contributed by atoms with Crippen LogP contribution < -0.4 is 11.5 Å². The molecule has 20 heavy (non-hydrogen) atoms. The van der Waals surface area contributed by atoms with E-state index in [0.717, 1.165) is 6.42 Å². The Morgan fingerprint density at radius 3 is 2.40 bits per heavy atom. The van der Waals surface area contributed by atoms with E-state index in [1.807, 2.05) is 49.2 Å². The van der Waals surface area contributed by atoms with Crippen molar-refractivity contribution in [3.8, 4) is 0 Å². The lowest BCUT2D eigenvalue weighted by molar-refractivity contribution is 0.310. The second kappa shape index (κ2) is 7.28. The van der Waals surface area contributed by atoms with Gasteiger partial charge in [0.05, 0.1) is 5.69 Å². The molecule has 0 spiro atoms. The first-order chi connectivity index (χ1) is 9.47. The summed E-state index contributed by atoms with van der Waals surface area (Å²) >= 11 is 0. The molecule has 0 saturated heterocycles. The van der Waals surface area contributed by atoms with E-state index in [2.05, 4.69) is 17.2 Å². The lowest BCUT2D eigenvalue weighted by atomic mass is 10.2. The SMILES string of the molecule is CCC(C)N(C)/C(N)=C(/N=N/c1ccccc1)C(=N)N. The topological polar surface area (TPSA) is 104 Å². The Morgan fingerprint density at radius 2 is 1.90 bits per heavy atom. The monoisotopic (exact) mass is 274 g/mol. The molecular formula is C14H22N6. The summed E-state index contributed by atoms with van der Waals surface area (Å²) in [4.78, 5) is 1.85. The van der Waals surface area contributed by atoms with E-state index in [1.165, 1.54) is 0 Å². The van der Waals surface area contributed by atoms with Crippen LogP contribution >= 0.6 is 0 Å². The molecule has 1 atom stereocenters. The molecule has 0 amide bonds. The van der Waals surface area contributed by atoms with Crippen molar-refractivity contribution < 1.29 is 0 Å². The molecule has 1 rings (SSSR count). The molecule has 1 unspecified atom stereocenters. The first-order valence-electron chi connectivity index (χ1n) is 6.51. The van der Waals surface area contributed by atoms with Crippen molar-refractivity contribution in [2.45, 2.75) is 26.3 Å². The highest BCUT2D eigenvalue weighted by Crippen LogP contribution is 2.15. The predicted octanol–water partition coefficient (Wildman–Crippen LogP) is 2.56. The molecule has 6 heteroatoms. The lowest BCUT2D eigenvalue weighted by Gasteiger charge is -2.26. The van der Waals surface area contributed by atoms with E-state index in [4.69, 9.17) is 16.9 Å². The average Bonchev–Trinajstić information content (AvgIpc) is 2.46. The fraction of sp³-hybridized carbons (Fsp3) is 0.357. The van der Waals surface area contributed by atoms with Crippen LogP contribution in [0.4, 0.5) is 5.69 Å². The fourth-order valence-electron chi connectivity index (χ4n) is 1.52. The minimum absolute atomic E-state index is 0.191. The number of nitrogens with two attached hydrogens (primary N) is 2. The number of amidine groups is 1. The van der Waals surface area contributed by atoms with Crippen LogP contribution in [-0.2, 0) is 0 Å². The summed E-state index contributed by atoms with van der Waals surface area (Å²) in [6, 6.07) is 9.48. The molecule has 5 N–H and O–H groups in total. The molecule has 0 aliphatic carbocycles. The number of hydrogen-bond acceptors (Lipinski definition) is 5. The Kier molecular flexibility index (Phi) is 5.71. The highest BCUT2D eigenvalue weighted by molar-refractivity contribution is 5.94. The van der Waals surface area contributed by atoms with Crippen LogP contribution in [0.2, 0.25) is 0 Å². The Hall–Kier alpha value is -2.37. The molecule has 1 aromatic carbocycles. The summed E-state index contributed by atoms with van der Waals surface area (Å²) in [5.74, 6) is 0.156. The molecule has 0 radical (unpaired) electrons. The molecule has 6 nitrogen and oxygen atoms in total. The van der Waals surface area contributed by atoms with Crippen molar-refractivity contribution in [1.82, 2.24) is 4.90 Å². The Balaban J connectivity index is 3.05. The maximum atomic E-state index is 7.60. The fourth-order valence-corrected chi connectivity index (χ4v) is 1.52. The third-order valence-corrected chi connectivity index (χ3v) is 3.15. The number of rotatable bonds is 6. The highest BCUT2D eigenvalue weighted by Gasteiger charge is 2.14. The molecule has 0 aliphatic rings. The molecule has 0 aliphatic heterocycles. The van der Waals surface area contributed by atoms with Crippen LogP contribution in [0.3, 0.4) is 0 Å². The van der Waals surface area contributed by atoms with Gasteiger partial charge in [-0.05, 0) is 25.5 Å². The number of azo groups is 1. The second-order valence-electron chi connectivity index (χ2n) is 4.55. The van der Waals surface area contributed by atoms with Gasteiger partial charge in [-0.1, -0.05) is 25.1 Å². The molecular weight excluding hydrogens is 252 g/mol. The summed E-state index contributed by atoms with van der Waals surface area (Å²) < 4.78 is 0. The van der Waals surface area contributed by atoms with Gasteiger partial charge in [0.15, 0.2) is 5.70 Å². The third kappa shape index (κ3) is 4.08. The van der Waals surface area contributed by atoms with E-state index in [-0.39, 0.29) is 17.6 Å². The zero-order valence-electron chi connectivity index (χ0n) is 12.2. The van der Waals surface area contributed by atoms with E-state index in [9.17, 15) is 0 Å². The van der Waals surface area contributed by atoms with Crippen molar-refractivity contribution in [3.63, 3.8) is 0 Å². The summed E-state index contributed by atoms with van der Waals surface area (Å²) in [5.41, 5.74) is 12.5. The Bertz CT molecular complexity index is 506. The van der Waals surface area contributed by atoms with Crippen LogP contribution in [0, 0.1) is 5.41 Å². The zero-order chi connectivity index (χ0) is 15.1. The number of nitrogens with zero attached hydrogens (tertiary/aromatic N) is 3. The normalized spacial score (nSPS) is 13.9. The van der Waals surface area contributed by atoms with Gasteiger partial charge < -0.3 is 16.4 Å². The average molecular weight is 274 g/mol. The number of benzene rings is 1. The lowest BCUT2D eigenvalue weighted by Crippen LogP contribution is -2.34. The van der Waals surface area contributed by atoms with Gasteiger partial charge in [-0.15, -0.1) is 5.11 Å². The van der Waals surface area contributed by atoms with Crippen LogP contribution in [0.15, 0.2) is 52.1 Å². The van der Waals surface area contributed by atoms with Crippen LogP contribution in [0.25, 0.3) is 0 Å². The number of hydrogen-bond donors (Lipinski definition) is 3. The molecule has 1 aromatic rings. The van der Waals surface area contributed by atoms with Crippen LogP contribution in [0.1, 0.15) is 20.3 Å². The van der Waals surface area contributed by atoms with Crippen LogP contribution in [0.5, 0.6) is 0 Å². The minimum atomic E-state index is -0.197. The third-order valence-electron chi connectivity index (χ3n) is 3.15. The van der Waals surface area contributed by atoms with Gasteiger partial charge in [0.2, 0.25) is 0 Å². The first kappa shape index (κ1) is 15.7. The van der Waals surface area contributed by atoms with Gasteiger partial charge in [-0.2, -0.15) is 5.11 Å². The van der Waals surface area contributed by atoms with Gasteiger partial charge in [0.25, 0.3) is 0 Å². The molecule has 0 saturated carbocycles. The van der Waals surface area contributed by atoms with Crippen molar-refractivity contribution in [2.24, 2.45) is 21.7 Å². The largest absolute Gasteiger partial charge is 0.383 e. The summed E-state index contributed by atoms with van der Waals surface area (Å²) in [6.45, 7) is 4.10.